The molecule has 0 aromatic heterocycles. The van der Waals surface area contributed by atoms with Crippen molar-refractivity contribution >= 4 is 18.4 Å². The summed E-state index contributed by atoms with van der Waals surface area (Å²) < 4.78 is 0. The maximum atomic E-state index is 11.5. The number of nitrogens with two attached hydrogens (primary N) is 1. The number of phenols is 2. The molecule has 1 aromatic rings. The van der Waals surface area contributed by atoms with Gasteiger partial charge in [0.1, 0.15) is 0 Å². The largest absolute Gasteiger partial charge is 0.504 e. The minimum absolute atomic E-state index is 0.0200. The lowest BCUT2D eigenvalue weighted by atomic mass is 10.0. The second kappa shape index (κ2) is 4.34. The zero-order valence-corrected chi connectivity index (χ0v) is 8.24. The SMILES string of the molecule is N[C@@H](CS)C(=O)c1cccc(O)c1O. The van der Waals surface area contributed by atoms with Crippen molar-refractivity contribution in [3.05, 3.63) is 23.8 Å². The summed E-state index contributed by atoms with van der Waals surface area (Å²) in [5, 5.41) is 18.5. The van der Waals surface area contributed by atoms with Crippen LogP contribution in [0, 0.1) is 0 Å². The van der Waals surface area contributed by atoms with Crippen LogP contribution in [0.5, 0.6) is 11.5 Å². The van der Waals surface area contributed by atoms with E-state index in [2.05, 4.69) is 12.6 Å². The first kappa shape index (κ1) is 10.9. The summed E-state index contributed by atoms with van der Waals surface area (Å²) in [4.78, 5) is 11.5. The lowest BCUT2D eigenvalue weighted by molar-refractivity contribution is 0.0966. The molecule has 14 heavy (non-hydrogen) atoms. The third-order valence-corrected chi connectivity index (χ3v) is 2.21. The van der Waals surface area contributed by atoms with Gasteiger partial charge in [-0.25, -0.2) is 0 Å². The van der Waals surface area contributed by atoms with Crippen LogP contribution in [-0.4, -0.2) is 27.8 Å². The standard InChI is InChI=1S/C9H11NO3S/c10-6(4-14)8(12)5-2-1-3-7(11)9(5)13/h1-3,6,11,13-14H,4,10H2/t6-/m0/s1. The van der Waals surface area contributed by atoms with Crippen LogP contribution < -0.4 is 5.73 Å². The molecule has 0 unspecified atom stereocenters. The van der Waals surface area contributed by atoms with Gasteiger partial charge in [-0.1, -0.05) is 6.07 Å². The summed E-state index contributed by atoms with van der Waals surface area (Å²) in [5.41, 5.74) is 5.47. The molecule has 1 rings (SSSR count). The first-order valence-electron chi connectivity index (χ1n) is 3.99. The number of hydrogen-bond acceptors (Lipinski definition) is 5. The summed E-state index contributed by atoms with van der Waals surface area (Å²) in [6, 6.07) is 3.39. The van der Waals surface area contributed by atoms with Crippen molar-refractivity contribution in [2.45, 2.75) is 6.04 Å². The van der Waals surface area contributed by atoms with Gasteiger partial charge in [0.25, 0.3) is 0 Å². The predicted octanol–water partition coefficient (Wildman–Crippen LogP) is 0.538. The summed E-state index contributed by atoms with van der Waals surface area (Å²) in [5.74, 6) is -1.01. The van der Waals surface area contributed by atoms with E-state index < -0.39 is 17.6 Å². The average molecular weight is 213 g/mol. The number of hydrogen-bond donors (Lipinski definition) is 4. The van der Waals surface area contributed by atoms with Gasteiger partial charge in [0.05, 0.1) is 11.6 Å². The fourth-order valence-electron chi connectivity index (χ4n) is 1.01. The molecule has 0 aliphatic rings. The Kier molecular flexibility index (Phi) is 3.38. The molecular formula is C9H11NO3S. The molecule has 0 heterocycles. The molecule has 0 saturated carbocycles. The number of rotatable bonds is 3. The number of carbonyl (C=O) groups excluding carboxylic acids is 1. The van der Waals surface area contributed by atoms with Crippen molar-refractivity contribution in [1.82, 2.24) is 0 Å². The van der Waals surface area contributed by atoms with Crippen LogP contribution in [0.3, 0.4) is 0 Å². The molecule has 76 valence electrons. The molecule has 0 radical (unpaired) electrons. The summed E-state index contributed by atoms with van der Waals surface area (Å²) >= 11 is 3.88. The van der Waals surface area contributed by atoms with Gasteiger partial charge < -0.3 is 15.9 Å². The first-order chi connectivity index (χ1) is 6.57. The summed E-state index contributed by atoms with van der Waals surface area (Å²) in [6.07, 6.45) is 0. The minimum atomic E-state index is -0.772. The van der Waals surface area contributed by atoms with Gasteiger partial charge in [-0.15, -0.1) is 0 Å². The fourth-order valence-corrected chi connectivity index (χ4v) is 1.18. The van der Waals surface area contributed by atoms with Crippen molar-refractivity contribution in [3.63, 3.8) is 0 Å². The van der Waals surface area contributed by atoms with Crippen molar-refractivity contribution in [1.29, 1.82) is 0 Å². The number of carbonyl (C=O) groups is 1. The van der Waals surface area contributed by atoms with Gasteiger partial charge in [0.15, 0.2) is 17.3 Å². The Morgan fingerprint density at radius 2 is 2.14 bits per heavy atom. The molecule has 4 nitrogen and oxygen atoms in total. The van der Waals surface area contributed by atoms with Gasteiger partial charge >= 0.3 is 0 Å². The number of ketones is 1. The maximum absolute atomic E-state index is 11.5. The first-order valence-corrected chi connectivity index (χ1v) is 4.62. The summed E-state index contributed by atoms with van der Waals surface area (Å²) in [7, 11) is 0. The Bertz CT molecular complexity index is 354. The normalized spacial score (nSPS) is 12.4. The fraction of sp³-hybridized carbons (Fsp3) is 0.222. The van der Waals surface area contributed by atoms with E-state index in [-0.39, 0.29) is 17.1 Å². The molecule has 4 N–H and O–H groups in total. The van der Waals surface area contributed by atoms with Gasteiger partial charge in [-0.3, -0.25) is 4.79 Å². The maximum Gasteiger partial charge on any atom is 0.184 e. The number of benzene rings is 1. The van der Waals surface area contributed by atoms with Crippen molar-refractivity contribution in [2.24, 2.45) is 5.73 Å². The van der Waals surface area contributed by atoms with E-state index in [4.69, 9.17) is 10.8 Å². The molecule has 0 saturated heterocycles. The Labute approximate surface area is 86.8 Å². The van der Waals surface area contributed by atoms with E-state index in [1.165, 1.54) is 18.2 Å². The quantitative estimate of drug-likeness (QED) is 0.335. The number of Topliss-reactive ketones (excluding diaryl/α,β-unsaturated/α-hetero) is 1. The van der Waals surface area contributed by atoms with E-state index >= 15 is 0 Å². The van der Waals surface area contributed by atoms with E-state index in [0.717, 1.165) is 0 Å². The van der Waals surface area contributed by atoms with Crippen LogP contribution in [-0.2, 0) is 0 Å². The minimum Gasteiger partial charge on any atom is -0.504 e. The Balaban J connectivity index is 3.07. The average Bonchev–Trinajstić information content (AvgIpc) is 2.20. The van der Waals surface area contributed by atoms with Crippen LogP contribution in [0.1, 0.15) is 10.4 Å². The third-order valence-electron chi connectivity index (χ3n) is 1.81. The lowest BCUT2D eigenvalue weighted by Crippen LogP contribution is -2.32. The molecule has 0 aliphatic heterocycles. The predicted molar refractivity (Wildman–Crippen MR) is 55.9 cm³/mol. The van der Waals surface area contributed by atoms with E-state index in [9.17, 15) is 9.90 Å². The zero-order valence-electron chi connectivity index (χ0n) is 7.34. The molecule has 0 fully saturated rings. The second-order valence-electron chi connectivity index (χ2n) is 2.83. The van der Waals surface area contributed by atoms with Crippen LogP contribution in [0.4, 0.5) is 0 Å². The Hall–Kier alpha value is -1.20. The molecule has 1 atom stereocenters. The monoisotopic (exact) mass is 213 g/mol. The third kappa shape index (κ3) is 2.00. The topological polar surface area (TPSA) is 83.6 Å². The second-order valence-corrected chi connectivity index (χ2v) is 3.19. The van der Waals surface area contributed by atoms with Gasteiger partial charge in [-0.2, -0.15) is 12.6 Å². The van der Waals surface area contributed by atoms with E-state index in [1.807, 2.05) is 0 Å². The number of para-hydroxylation sites is 1. The highest BCUT2D eigenvalue weighted by molar-refractivity contribution is 7.80. The van der Waals surface area contributed by atoms with Crippen LogP contribution >= 0.6 is 12.6 Å². The van der Waals surface area contributed by atoms with Crippen LogP contribution in [0.25, 0.3) is 0 Å². The van der Waals surface area contributed by atoms with Crippen molar-refractivity contribution in [3.8, 4) is 11.5 Å². The Morgan fingerprint density at radius 1 is 1.50 bits per heavy atom. The molecule has 5 heteroatoms. The van der Waals surface area contributed by atoms with E-state index in [1.54, 1.807) is 0 Å². The molecule has 0 aliphatic carbocycles. The van der Waals surface area contributed by atoms with Gasteiger partial charge in [0.2, 0.25) is 0 Å². The van der Waals surface area contributed by atoms with Gasteiger partial charge in [-0.05, 0) is 12.1 Å². The van der Waals surface area contributed by atoms with Crippen LogP contribution in [0.2, 0.25) is 0 Å². The molecule has 0 amide bonds. The number of aromatic hydroxyl groups is 2. The molecule has 0 spiro atoms. The van der Waals surface area contributed by atoms with Crippen molar-refractivity contribution in [2.75, 3.05) is 5.75 Å². The summed E-state index contributed by atoms with van der Waals surface area (Å²) in [6.45, 7) is 0. The van der Waals surface area contributed by atoms with Crippen LogP contribution in [0.15, 0.2) is 18.2 Å². The van der Waals surface area contributed by atoms with Gasteiger partial charge in [0, 0.05) is 5.75 Å². The zero-order chi connectivity index (χ0) is 10.7. The lowest BCUT2D eigenvalue weighted by Gasteiger charge is -2.09. The number of phenolic OH excluding ortho intramolecular Hbond substituents is 2. The Morgan fingerprint density at radius 3 is 2.71 bits per heavy atom. The molecular weight excluding hydrogens is 202 g/mol. The highest BCUT2D eigenvalue weighted by Gasteiger charge is 2.19. The highest BCUT2D eigenvalue weighted by atomic mass is 32.1. The molecule has 1 aromatic carbocycles. The highest BCUT2D eigenvalue weighted by Crippen LogP contribution is 2.28. The number of thiol groups is 1. The van der Waals surface area contributed by atoms with Crippen molar-refractivity contribution < 1.29 is 15.0 Å². The smallest absolute Gasteiger partial charge is 0.184 e. The molecule has 0 bridgehead atoms. The van der Waals surface area contributed by atoms with E-state index in [0.29, 0.717) is 0 Å².